The molecule has 0 bridgehead atoms. The summed E-state index contributed by atoms with van der Waals surface area (Å²) >= 11 is 12.2. The van der Waals surface area contributed by atoms with Gasteiger partial charge in [0.05, 0.1) is 32.2 Å². The normalized spacial score (nSPS) is 11.9. The van der Waals surface area contributed by atoms with Crippen molar-refractivity contribution in [2.24, 2.45) is 0 Å². The second-order valence-corrected chi connectivity index (χ2v) is 7.20. The average molecular weight is 438 g/mol. The summed E-state index contributed by atoms with van der Waals surface area (Å²) in [5.41, 5.74) is 0.589. The SMILES string of the molecule is O=c1[nH]cccc1-c1nc2cc(Cl)c(Cl)cc2n1Cc1cccc(C(F)(F)F)c1. The lowest BCUT2D eigenvalue weighted by Gasteiger charge is -2.12. The van der Waals surface area contributed by atoms with Crippen LogP contribution in [0.4, 0.5) is 13.2 Å². The topological polar surface area (TPSA) is 50.7 Å². The molecule has 4 rings (SSSR count). The van der Waals surface area contributed by atoms with Crippen LogP contribution >= 0.6 is 23.2 Å². The van der Waals surface area contributed by atoms with E-state index in [-0.39, 0.29) is 27.7 Å². The van der Waals surface area contributed by atoms with Gasteiger partial charge < -0.3 is 9.55 Å². The molecule has 0 radical (unpaired) electrons. The molecule has 0 amide bonds. The molecule has 2 heterocycles. The van der Waals surface area contributed by atoms with Crippen LogP contribution in [0.3, 0.4) is 0 Å². The highest BCUT2D eigenvalue weighted by Gasteiger charge is 2.30. The van der Waals surface area contributed by atoms with Crippen LogP contribution in [0.2, 0.25) is 10.0 Å². The third-order valence-electron chi connectivity index (χ3n) is 4.44. The minimum Gasteiger partial charge on any atom is -0.328 e. The van der Waals surface area contributed by atoms with Crippen LogP contribution in [0.1, 0.15) is 11.1 Å². The van der Waals surface area contributed by atoms with E-state index in [0.29, 0.717) is 22.4 Å². The number of halogens is 5. The molecule has 0 aliphatic carbocycles. The fourth-order valence-electron chi connectivity index (χ4n) is 3.11. The molecule has 0 unspecified atom stereocenters. The Morgan fingerprint density at radius 2 is 1.79 bits per heavy atom. The molecule has 0 saturated carbocycles. The number of aromatic amines is 1. The van der Waals surface area contributed by atoms with Gasteiger partial charge in [-0.15, -0.1) is 0 Å². The fourth-order valence-corrected chi connectivity index (χ4v) is 3.43. The number of fused-ring (bicyclic) bond motifs is 1. The van der Waals surface area contributed by atoms with Crippen LogP contribution in [0.25, 0.3) is 22.4 Å². The van der Waals surface area contributed by atoms with Crippen molar-refractivity contribution in [2.45, 2.75) is 12.7 Å². The van der Waals surface area contributed by atoms with Crippen molar-refractivity contribution in [1.82, 2.24) is 14.5 Å². The molecule has 9 heteroatoms. The predicted molar refractivity (Wildman–Crippen MR) is 106 cm³/mol. The van der Waals surface area contributed by atoms with Gasteiger partial charge in [0, 0.05) is 12.7 Å². The van der Waals surface area contributed by atoms with Crippen molar-refractivity contribution >= 4 is 34.2 Å². The van der Waals surface area contributed by atoms with E-state index in [1.807, 2.05) is 0 Å². The highest BCUT2D eigenvalue weighted by atomic mass is 35.5. The van der Waals surface area contributed by atoms with E-state index in [0.717, 1.165) is 12.1 Å². The minimum absolute atomic E-state index is 0.0576. The third-order valence-corrected chi connectivity index (χ3v) is 5.17. The smallest absolute Gasteiger partial charge is 0.328 e. The number of rotatable bonds is 3. The first kappa shape index (κ1) is 19.5. The Hall–Kier alpha value is -2.77. The number of hydrogen-bond acceptors (Lipinski definition) is 2. The summed E-state index contributed by atoms with van der Waals surface area (Å²) in [5, 5.41) is 0.564. The summed E-state index contributed by atoms with van der Waals surface area (Å²) in [5.74, 6) is 0.303. The molecule has 4 aromatic rings. The van der Waals surface area contributed by atoms with Gasteiger partial charge in [-0.25, -0.2) is 4.98 Å². The molecule has 0 spiro atoms. The summed E-state index contributed by atoms with van der Waals surface area (Å²) in [4.78, 5) is 19.4. The van der Waals surface area contributed by atoms with E-state index >= 15 is 0 Å². The zero-order valence-electron chi connectivity index (χ0n) is 14.6. The second-order valence-electron chi connectivity index (χ2n) is 6.39. The Bertz CT molecular complexity index is 1280. The Morgan fingerprint density at radius 3 is 2.52 bits per heavy atom. The number of nitrogens with one attached hydrogen (secondary N) is 1. The zero-order valence-corrected chi connectivity index (χ0v) is 16.1. The summed E-state index contributed by atoms with van der Waals surface area (Å²) in [7, 11) is 0. The van der Waals surface area contributed by atoms with Crippen molar-refractivity contribution in [3.8, 4) is 11.4 Å². The molecule has 0 saturated heterocycles. The molecule has 1 N–H and O–H groups in total. The van der Waals surface area contributed by atoms with Gasteiger partial charge in [0.25, 0.3) is 5.56 Å². The van der Waals surface area contributed by atoms with E-state index in [1.165, 1.54) is 12.3 Å². The van der Waals surface area contributed by atoms with E-state index in [4.69, 9.17) is 23.2 Å². The lowest BCUT2D eigenvalue weighted by atomic mass is 10.1. The minimum atomic E-state index is -4.46. The van der Waals surface area contributed by atoms with Gasteiger partial charge in [-0.05, 0) is 42.0 Å². The van der Waals surface area contributed by atoms with Crippen LogP contribution in [0, 0.1) is 0 Å². The molecule has 0 aliphatic rings. The lowest BCUT2D eigenvalue weighted by molar-refractivity contribution is -0.137. The number of alkyl halides is 3. The predicted octanol–water partition coefficient (Wildman–Crippen LogP) is 5.77. The molecule has 0 atom stereocenters. The molecule has 0 aliphatic heterocycles. The highest BCUT2D eigenvalue weighted by molar-refractivity contribution is 6.42. The van der Waals surface area contributed by atoms with Crippen LogP contribution in [-0.4, -0.2) is 14.5 Å². The first-order valence-corrected chi connectivity index (χ1v) is 9.19. The number of benzene rings is 2. The monoisotopic (exact) mass is 437 g/mol. The molecule has 0 fully saturated rings. The summed E-state index contributed by atoms with van der Waals surface area (Å²) in [6.45, 7) is 0.0576. The highest BCUT2D eigenvalue weighted by Crippen LogP contribution is 2.33. The van der Waals surface area contributed by atoms with Crippen LogP contribution < -0.4 is 5.56 Å². The molecular formula is C20H12Cl2F3N3O. The molecule has 2 aromatic carbocycles. The van der Waals surface area contributed by atoms with Crippen LogP contribution in [0.15, 0.2) is 59.5 Å². The zero-order chi connectivity index (χ0) is 20.8. The van der Waals surface area contributed by atoms with E-state index in [2.05, 4.69) is 9.97 Å². The van der Waals surface area contributed by atoms with E-state index < -0.39 is 11.7 Å². The first-order valence-electron chi connectivity index (χ1n) is 8.43. The number of imidazole rings is 1. The quantitative estimate of drug-likeness (QED) is 0.442. The summed E-state index contributed by atoms with van der Waals surface area (Å²) < 4.78 is 40.9. The van der Waals surface area contributed by atoms with Crippen LogP contribution in [0.5, 0.6) is 0 Å². The van der Waals surface area contributed by atoms with Gasteiger partial charge in [-0.1, -0.05) is 35.3 Å². The van der Waals surface area contributed by atoms with E-state index in [1.54, 1.807) is 34.9 Å². The van der Waals surface area contributed by atoms with Gasteiger partial charge in [-0.3, -0.25) is 4.79 Å². The average Bonchev–Trinajstić information content (AvgIpc) is 2.99. The standard InChI is InChI=1S/C20H12Cl2F3N3O/c21-14-8-16-17(9-15(14)22)28(18(27-16)13-5-2-6-26-19(13)29)10-11-3-1-4-12(7-11)20(23,24)25/h1-9H,10H2,(H,26,29). The molecular weight excluding hydrogens is 426 g/mol. The van der Waals surface area contributed by atoms with Gasteiger partial charge in [-0.2, -0.15) is 13.2 Å². The third kappa shape index (κ3) is 3.75. The molecule has 29 heavy (non-hydrogen) atoms. The summed E-state index contributed by atoms with van der Waals surface area (Å²) in [6.07, 6.45) is -2.97. The molecule has 4 nitrogen and oxygen atoms in total. The van der Waals surface area contributed by atoms with Crippen molar-refractivity contribution in [3.05, 3.63) is 86.3 Å². The second kappa shape index (κ2) is 7.24. The number of nitrogens with zero attached hydrogens (tertiary/aromatic N) is 2. The number of aromatic nitrogens is 3. The van der Waals surface area contributed by atoms with Crippen molar-refractivity contribution in [3.63, 3.8) is 0 Å². The number of hydrogen-bond donors (Lipinski definition) is 1. The fraction of sp³-hybridized carbons (Fsp3) is 0.100. The maximum atomic E-state index is 13.1. The largest absolute Gasteiger partial charge is 0.416 e. The number of H-pyrrole nitrogens is 1. The first-order chi connectivity index (χ1) is 13.7. The Balaban J connectivity index is 1.93. The van der Waals surface area contributed by atoms with Crippen LogP contribution in [-0.2, 0) is 12.7 Å². The van der Waals surface area contributed by atoms with E-state index in [9.17, 15) is 18.0 Å². The maximum absolute atomic E-state index is 13.1. The maximum Gasteiger partial charge on any atom is 0.416 e. The Labute approximate surface area is 172 Å². The Morgan fingerprint density at radius 1 is 1.03 bits per heavy atom. The van der Waals surface area contributed by atoms with Crippen molar-refractivity contribution < 1.29 is 13.2 Å². The van der Waals surface area contributed by atoms with Gasteiger partial charge in [0.2, 0.25) is 0 Å². The number of pyridine rings is 1. The molecule has 148 valence electrons. The summed E-state index contributed by atoms with van der Waals surface area (Å²) in [6, 6.07) is 11.4. The van der Waals surface area contributed by atoms with Crippen molar-refractivity contribution in [1.29, 1.82) is 0 Å². The van der Waals surface area contributed by atoms with Crippen molar-refractivity contribution in [2.75, 3.05) is 0 Å². The molecule has 2 aromatic heterocycles. The lowest BCUT2D eigenvalue weighted by Crippen LogP contribution is -2.12. The van der Waals surface area contributed by atoms with Gasteiger partial charge >= 0.3 is 6.18 Å². The van der Waals surface area contributed by atoms with Gasteiger partial charge in [0.1, 0.15) is 5.82 Å². The van der Waals surface area contributed by atoms with Gasteiger partial charge in [0.15, 0.2) is 0 Å². The Kier molecular flexibility index (Phi) is 4.88.